The fourth-order valence-corrected chi connectivity index (χ4v) is 0.459. The summed E-state index contributed by atoms with van der Waals surface area (Å²) in [4.78, 5) is 21.2. The highest BCUT2D eigenvalue weighted by molar-refractivity contribution is 5.73. The molecule has 74 valence electrons. The molecule has 0 saturated carbocycles. The third-order valence-corrected chi connectivity index (χ3v) is 0.818. The van der Waals surface area contributed by atoms with Crippen LogP contribution >= 0.6 is 0 Å². The van der Waals surface area contributed by atoms with Crippen molar-refractivity contribution >= 4 is 12.2 Å². The Morgan fingerprint density at radius 1 is 1.23 bits per heavy atom. The number of amides is 2. The maximum atomic E-state index is 10.7. The largest absolute Gasteiger partial charge is 0.452 e. The molecule has 0 unspecified atom stereocenters. The molecule has 0 N–H and O–H groups in total. The number of azo groups is 1. The second-order valence-corrected chi connectivity index (χ2v) is 2.33. The topological polar surface area (TPSA) is 77.3 Å². The van der Waals surface area contributed by atoms with Crippen molar-refractivity contribution in [3.8, 4) is 0 Å². The van der Waals surface area contributed by atoms with Gasteiger partial charge >= 0.3 is 12.2 Å². The SMILES string of the molecule is CCOC(=O)N=NC(=O)OC(C)C. The van der Waals surface area contributed by atoms with Crippen LogP contribution in [-0.2, 0) is 9.47 Å². The van der Waals surface area contributed by atoms with Crippen molar-refractivity contribution < 1.29 is 19.1 Å². The van der Waals surface area contributed by atoms with E-state index in [4.69, 9.17) is 0 Å². The maximum absolute atomic E-state index is 10.7. The number of ether oxygens (including phenoxy) is 2. The first-order chi connectivity index (χ1) is 6.06. The minimum Gasteiger partial charge on any atom is -0.447 e. The predicted octanol–water partition coefficient (Wildman–Crippen LogP) is 2.14. The molecule has 0 aliphatic rings. The number of rotatable bonds is 2. The van der Waals surface area contributed by atoms with Crippen LogP contribution in [-0.4, -0.2) is 24.9 Å². The van der Waals surface area contributed by atoms with E-state index in [9.17, 15) is 9.59 Å². The van der Waals surface area contributed by atoms with Gasteiger partial charge in [0.15, 0.2) is 0 Å². The molecule has 0 aromatic heterocycles. The minimum atomic E-state index is -0.900. The summed E-state index contributed by atoms with van der Waals surface area (Å²) in [5, 5.41) is 5.93. The van der Waals surface area contributed by atoms with E-state index in [1.54, 1.807) is 20.8 Å². The van der Waals surface area contributed by atoms with E-state index in [-0.39, 0.29) is 12.7 Å². The highest BCUT2D eigenvalue weighted by Gasteiger charge is 2.04. The highest BCUT2D eigenvalue weighted by Crippen LogP contribution is 1.93. The van der Waals surface area contributed by atoms with Crippen LogP contribution < -0.4 is 0 Å². The van der Waals surface area contributed by atoms with Gasteiger partial charge in [-0.3, -0.25) is 0 Å². The van der Waals surface area contributed by atoms with Gasteiger partial charge in [-0.2, -0.15) is 0 Å². The first-order valence-corrected chi connectivity index (χ1v) is 3.85. The van der Waals surface area contributed by atoms with Crippen LogP contribution in [0.1, 0.15) is 20.8 Å². The van der Waals surface area contributed by atoms with Crippen molar-refractivity contribution in [2.75, 3.05) is 6.61 Å². The molecule has 0 spiro atoms. The molecule has 0 aromatic rings. The maximum Gasteiger partial charge on any atom is 0.452 e. The van der Waals surface area contributed by atoms with Crippen molar-refractivity contribution in [1.82, 2.24) is 0 Å². The van der Waals surface area contributed by atoms with Crippen LogP contribution in [0.15, 0.2) is 10.2 Å². The molecule has 6 nitrogen and oxygen atoms in total. The zero-order valence-electron chi connectivity index (χ0n) is 7.81. The van der Waals surface area contributed by atoms with Gasteiger partial charge in [0.05, 0.1) is 12.7 Å². The lowest BCUT2D eigenvalue weighted by Gasteiger charge is -2.01. The van der Waals surface area contributed by atoms with Crippen molar-refractivity contribution in [3.05, 3.63) is 0 Å². The average Bonchev–Trinajstić information content (AvgIpc) is 2.00. The van der Waals surface area contributed by atoms with Crippen molar-refractivity contribution in [2.24, 2.45) is 10.2 Å². The van der Waals surface area contributed by atoms with E-state index in [0.717, 1.165) is 0 Å². The number of nitrogens with zero attached hydrogens (tertiary/aromatic N) is 2. The molecule has 0 saturated heterocycles. The van der Waals surface area contributed by atoms with Crippen LogP contribution in [0.4, 0.5) is 9.59 Å². The lowest BCUT2D eigenvalue weighted by molar-refractivity contribution is 0.122. The minimum absolute atomic E-state index is 0.192. The van der Waals surface area contributed by atoms with E-state index in [1.807, 2.05) is 0 Å². The van der Waals surface area contributed by atoms with Gasteiger partial charge in [-0.05, 0) is 20.8 Å². The second kappa shape index (κ2) is 6.10. The molecule has 6 heteroatoms. The Balaban J connectivity index is 3.83. The summed E-state index contributed by atoms with van der Waals surface area (Å²) in [7, 11) is 0. The van der Waals surface area contributed by atoms with Gasteiger partial charge in [0.2, 0.25) is 0 Å². The van der Waals surface area contributed by atoms with Crippen LogP contribution in [0, 0.1) is 0 Å². The molecule has 2 amide bonds. The summed E-state index contributed by atoms with van der Waals surface area (Å²) in [6.07, 6.45) is -2.08. The quantitative estimate of drug-likeness (QED) is 0.622. The van der Waals surface area contributed by atoms with E-state index in [2.05, 4.69) is 19.7 Å². The molecular weight excluding hydrogens is 176 g/mol. The Labute approximate surface area is 75.9 Å². The van der Waals surface area contributed by atoms with Gasteiger partial charge in [0.25, 0.3) is 0 Å². The number of carbonyl (C=O) groups is 2. The summed E-state index contributed by atoms with van der Waals surface area (Å²) in [6, 6.07) is 0. The molecule has 0 aliphatic carbocycles. The Bertz CT molecular complexity index is 213. The summed E-state index contributed by atoms with van der Waals surface area (Å²) in [6.45, 7) is 5.15. The third-order valence-electron chi connectivity index (χ3n) is 0.818. The zero-order valence-corrected chi connectivity index (χ0v) is 7.81. The molecule has 0 bridgehead atoms. The monoisotopic (exact) mass is 188 g/mol. The van der Waals surface area contributed by atoms with E-state index in [0.29, 0.717) is 0 Å². The van der Waals surface area contributed by atoms with Crippen molar-refractivity contribution in [1.29, 1.82) is 0 Å². The fraction of sp³-hybridized carbons (Fsp3) is 0.714. The highest BCUT2D eigenvalue weighted by atomic mass is 16.6. The number of carbonyl (C=O) groups excluding carboxylic acids is 2. The molecule has 0 aliphatic heterocycles. The van der Waals surface area contributed by atoms with Crippen molar-refractivity contribution in [2.45, 2.75) is 26.9 Å². The van der Waals surface area contributed by atoms with Crippen LogP contribution in [0.5, 0.6) is 0 Å². The molecule has 0 radical (unpaired) electrons. The van der Waals surface area contributed by atoms with Gasteiger partial charge in [-0.15, -0.1) is 0 Å². The van der Waals surface area contributed by atoms with Crippen LogP contribution in [0.3, 0.4) is 0 Å². The first-order valence-electron chi connectivity index (χ1n) is 3.85. The van der Waals surface area contributed by atoms with E-state index < -0.39 is 12.2 Å². The molecule has 0 aromatic carbocycles. The summed E-state index contributed by atoms with van der Waals surface area (Å²) < 4.78 is 8.96. The van der Waals surface area contributed by atoms with E-state index in [1.165, 1.54) is 0 Å². The summed E-state index contributed by atoms with van der Waals surface area (Å²) >= 11 is 0. The second-order valence-electron chi connectivity index (χ2n) is 2.33. The van der Waals surface area contributed by atoms with Gasteiger partial charge in [0.1, 0.15) is 0 Å². The standard InChI is InChI=1S/C7H12N2O4/c1-4-12-6(10)8-9-7(11)13-5(2)3/h5H,4H2,1-3H3. The fourth-order valence-electron chi connectivity index (χ4n) is 0.459. The number of hydrogen-bond acceptors (Lipinski definition) is 4. The molecule has 0 rings (SSSR count). The average molecular weight is 188 g/mol. The van der Waals surface area contributed by atoms with Gasteiger partial charge in [0, 0.05) is 0 Å². The molecular formula is C7H12N2O4. The lowest BCUT2D eigenvalue weighted by atomic mass is 10.5. The molecule has 13 heavy (non-hydrogen) atoms. The Kier molecular flexibility index (Phi) is 5.42. The van der Waals surface area contributed by atoms with Gasteiger partial charge in [-0.1, -0.05) is 10.2 Å². The first kappa shape index (κ1) is 11.5. The zero-order chi connectivity index (χ0) is 10.3. The molecule has 0 atom stereocenters. The third kappa shape index (κ3) is 6.92. The van der Waals surface area contributed by atoms with Gasteiger partial charge < -0.3 is 9.47 Å². The predicted molar refractivity (Wildman–Crippen MR) is 43.5 cm³/mol. The summed E-state index contributed by atoms with van der Waals surface area (Å²) in [5.74, 6) is 0. The molecule has 0 fully saturated rings. The van der Waals surface area contributed by atoms with Gasteiger partial charge in [-0.25, -0.2) is 9.59 Å². The number of hydrogen-bond donors (Lipinski definition) is 0. The van der Waals surface area contributed by atoms with Crippen molar-refractivity contribution in [3.63, 3.8) is 0 Å². The molecule has 0 heterocycles. The Hall–Kier alpha value is -1.46. The van der Waals surface area contributed by atoms with Crippen LogP contribution in [0.25, 0.3) is 0 Å². The van der Waals surface area contributed by atoms with E-state index >= 15 is 0 Å². The summed E-state index contributed by atoms with van der Waals surface area (Å²) in [5.41, 5.74) is 0. The lowest BCUT2D eigenvalue weighted by Crippen LogP contribution is -2.07. The Morgan fingerprint density at radius 2 is 1.77 bits per heavy atom. The Morgan fingerprint density at radius 3 is 2.23 bits per heavy atom. The smallest absolute Gasteiger partial charge is 0.447 e. The van der Waals surface area contributed by atoms with Crippen LogP contribution in [0.2, 0.25) is 0 Å². The normalized spacial score (nSPS) is 10.5.